The fourth-order valence-corrected chi connectivity index (χ4v) is 0.779. The zero-order valence-electron chi connectivity index (χ0n) is 7.88. The minimum Gasteiger partial charge on any atom is -0.367 e. The lowest BCUT2D eigenvalue weighted by Gasteiger charge is -1.89. The van der Waals surface area contributed by atoms with E-state index >= 15 is 0 Å². The van der Waals surface area contributed by atoms with Gasteiger partial charge in [-0.1, -0.05) is 24.1 Å². The maximum atomic E-state index is 8.25. The van der Waals surface area contributed by atoms with Gasteiger partial charge in [0.1, 0.15) is 0 Å². The van der Waals surface area contributed by atoms with E-state index in [0.29, 0.717) is 0 Å². The molecule has 0 aliphatic rings. The summed E-state index contributed by atoms with van der Waals surface area (Å²) in [5.74, 6) is 5.32. The molecule has 1 aromatic rings. The van der Waals surface area contributed by atoms with Crippen molar-refractivity contribution in [1.82, 2.24) is 5.48 Å². The number of guanidine groups is 1. The molecule has 76 valence electrons. The molecule has 15 heavy (non-hydrogen) atoms. The van der Waals surface area contributed by atoms with Gasteiger partial charge in [0, 0.05) is 5.56 Å². The van der Waals surface area contributed by atoms with Crippen molar-refractivity contribution in [2.24, 2.45) is 15.9 Å². The Morgan fingerprint density at radius 1 is 1.40 bits per heavy atom. The first-order valence-electron chi connectivity index (χ1n) is 4.14. The Bertz CT molecular complexity index is 414. The fraction of sp³-hybridized carbons (Fsp3) is 0. The summed E-state index contributed by atoms with van der Waals surface area (Å²) in [6, 6.07) is 9.47. The van der Waals surface area contributed by atoms with Crippen molar-refractivity contribution in [3.05, 3.63) is 35.9 Å². The largest absolute Gasteiger partial charge is 0.367 e. The van der Waals surface area contributed by atoms with E-state index in [0.717, 1.165) is 5.56 Å². The van der Waals surface area contributed by atoms with Crippen molar-refractivity contribution in [2.45, 2.75) is 0 Å². The summed E-state index contributed by atoms with van der Waals surface area (Å²) in [6.45, 7) is 0. The van der Waals surface area contributed by atoms with Gasteiger partial charge in [-0.15, -0.1) is 10.2 Å². The lowest BCUT2D eigenvalue weighted by atomic mass is 10.2. The highest BCUT2D eigenvalue weighted by Gasteiger charge is 1.80. The molecule has 1 aromatic carbocycles. The minimum absolute atomic E-state index is 0.187. The van der Waals surface area contributed by atoms with Gasteiger partial charge in [-0.05, 0) is 18.1 Å². The summed E-state index contributed by atoms with van der Waals surface area (Å²) in [5.41, 5.74) is 7.62. The molecule has 0 atom stereocenters. The average Bonchev–Trinajstić information content (AvgIpc) is 2.29. The fourth-order valence-electron chi connectivity index (χ4n) is 0.779. The second-order valence-electron chi connectivity index (χ2n) is 2.48. The Morgan fingerprint density at radius 3 is 2.80 bits per heavy atom. The van der Waals surface area contributed by atoms with Crippen molar-refractivity contribution in [3.63, 3.8) is 0 Å². The van der Waals surface area contributed by atoms with Gasteiger partial charge in [-0.25, -0.2) is 5.48 Å². The quantitative estimate of drug-likeness (QED) is 0.265. The Morgan fingerprint density at radius 2 is 2.13 bits per heavy atom. The van der Waals surface area contributed by atoms with E-state index in [1.807, 2.05) is 30.3 Å². The number of hydrogen-bond acceptors (Lipinski definition) is 3. The number of rotatable bonds is 1. The van der Waals surface area contributed by atoms with Crippen LogP contribution in [0.1, 0.15) is 5.56 Å². The first-order chi connectivity index (χ1) is 7.33. The number of nitrogens with zero attached hydrogens (tertiary/aromatic N) is 2. The highest BCUT2D eigenvalue weighted by Crippen LogP contribution is 1.93. The molecule has 0 amide bonds. The van der Waals surface area contributed by atoms with Crippen LogP contribution in [0.2, 0.25) is 0 Å². The van der Waals surface area contributed by atoms with Crippen molar-refractivity contribution >= 4 is 12.2 Å². The smallest absolute Gasteiger partial charge is 0.237 e. The molecular weight excluding hydrogens is 192 g/mol. The van der Waals surface area contributed by atoms with Crippen LogP contribution in [-0.4, -0.2) is 17.4 Å². The van der Waals surface area contributed by atoms with E-state index in [2.05, 4.69) is 22.0 Å². The van der Waals surface area contributed by atoms with Crippen LogP contribution in [0, 0.1) is 11.8 Å². The van der Waals surface area contributed by atoms with Crippen molar-refractivity contribution in [1.29, 1.82) is 0 Å². The second-order valence-corrected chi connectivity index (χ2v) is 2.48. The molecule has 0 heterocycles. The number of hydroxylamine groups is 1. The van der Waals surface area contributed by atoms with Crippen LogP contribution in [0.25, 0.3) is 0 Å². The molecule has 4 N–H and O–H groups in total. The Balaban J connectivity index is 2.54. The predicted octanol–water partition coefficient (Wildman–Crippen LogP) is 0.317. The Hall–Kier alpha value is -2.32. The van der Waals surface area contributed by atoms with E-state index in [-0.39, 0.29) is 5.96 Å². The van der Waals surface area contributed by atoms with Gasteiger partial charge < -0.3 is 5.73 Å². The third-order valence-electron chi connectivity index (χ3n) is 1.39. The van der Waals surface area contributed by atoms with E-state index in [9.17, 15) is 0 Å². The predicted molar refractivity (Wildman–Crippen MR) is 58.4 cm³/mol. The maximum absolute atomic E-state index is 8.25. The maximum Gasteiger partial charge on any atom is 0.237 e. The number of hydrogen-bond donors (Lipinski definition) is 3. The van der Waals surface area contributed by atoms with E-state index in [1.54, 1.807) is 5.48 Å². The zero-order valence-corrected chi connectivity index (χ0v) is 7.88. The van der Waals surface area contributed by atoms with Crippen LogP contribution >= 0.6 is 0 Å². The Labute approximate surface area is 87.3 Å². The first-order valence-corrected chi connectivity index (χ1v) is 4.14. The Kier molecular flexibility index (Phi) is 4.43. The van der Waals surface area contributed by atoms with Crippen LogP contribution in [-0.2, 0) is 0 Å². The van der Waals surface area contributed by atoms with E-state index < -0.39 is 0 Å². The molecular formula is C10H10N4O. The van der Waals surface area contributed by atoms with Crippen molar-refractivity contribution in [2.75, 3.05) is 0 Å². The molecule has 0 saturated heterocycles. The summed E-state index contributed by atoms with van der Waals surface area (Å²) in [4.78, 5) is 0. The molecule has 0 unspecified atom stereocenters. The van der Waals surface area contributed by atoms with Gasteiger partial charge in [0.05, 0.1) is 6.21 Å². The summed E-state index contributed by atoms with van der Waals surface area (Å²) in [6.07, 6.45) is 1.29. The van der Waals surface area contributed by atoms with Crippen molar-refractivity contribution in [3.8, 4) is 11.8 Å². The van der Waals surface area contributed by atoms with Gasteiger partial charge in [0.2, 0.25) is 5.96 Å². The molecule has 1 rings (SSSR count). The number of nitrogens with one attached hydrogen (secondary N) is 1. The third-order valence-corrected chi connectivity index (χ3v) is 1.39. The lowest BCUT2D eigenvalue weighted by Crippen LogP contribution is -2.27. The molecule has 0 aromatic heterocycles. The average molecular weight is 202 g/mol. The summed E-state index contributed by atoms with van der Waals surface area (Å²) >= 11 is 0. The van der Waals surface area contributed by atoms with Crippen LogP contribution in [0.4, 0.5) is 0 Å². The molecule has 0 saturated carbocycles. The van der Waals surface area contributed by atoms with Crippen LogP contribution in [0.3, 0.4) is 0 Å². The van der Waals surface area contributed by atoms with E-state index in [4.69, 9.17) is 10.9 Å². The number of nitrogens with two attached hydrogens (primary N) is 1. The zero-order chi connectivity index (χ0) is 10.9. The summed E-state index contributed by atoms with van der Waals surface area (Å²) < 4.78 is 0. The van der Waals surface area contributed by atoms with Gasteiger partial charge in [0.15, 0.2) is 0 Å². The van der Waals surface area contributed by atoms with Crippen LogP contribution in [0.5, 0.6) is 0 Å². The summed E-state index contributed by atoms with van der Waals surface area (Å²) in [5, 5.41) is 15.1. The number of benzene rings is 1. The van der Waals surface area contributed by atoms with Gasteiger partial charge in [0.25, 0.3) is 0 Å². The molecule has 0 radical (unpaired) electrons. The first kappa shape index (κ1) is 10.8. The third kappa shape index (κ3) is 4.45. The molecule has 0 spiro atoms. The van der Waals surface area contributed by atoms with Crippen molar-refractivity contribution < 1.29 is 5.21 Å². The highest BCUT2D eigenvalue weighted by molar-refractivity contribution is 5.81. The van der Waals surface area contributed by atoms with Crippen LogP contribution < -0.4 is 11.2 Å². The molecule has 0 fully saturated rings. The normalized spacial score (nSPS) is 10.9. The summed E-state index contributed by atoms with van der Waals surface area (Å²) in [7, 11) is 0. The lowest BCUT2D eigenvalue weighted by molar-refractivity contribution is 0.232. The molecule has 0 aliphatic heterocycles. The second kappa shape index (κ2) is 6.18. The molecule has 0 bridgehead atoms. The SMILES string of the molecule is NC(=N/N=C/C#Cc1ccccc1)NO. The molecule has 0 aliphatic carbocycles. The highest BCUT2D eigenvalue weighted by atomic mass is 16.5. The monoisotopic (exact) mass is 202 g/mol. The standard InChI is InChI=1S/C10H10N4O/c11-10(14-15)13-12-8-4-7-9-5-2-1-3-6-9/h1-3,5-6,8,15H,(H3,11,13,14)/b12-8+. The van der Waals surface area contributed by atoms with Gasteiger partial charge in [-0.2, -0.15) is 0 Å². The van der Waals surface area contributed by atoms with Gasteiger partial charge in [-0.3, -0.25) is 5.21 Å². The van der Waals surface area contributed by atoms with Crippen LogP contribution in [0.15, 0.2) is 40.5 Å². The van der Waals surface area contributed by atoms with E-state index in [1.165, 1.54) is 6.21 Å². The topological polar surface area (TPSA) is 83.0 Å². The van der Waals surface area contributed by atoms with Gasteiger partial charge >= 0.3 is 0 Å². The molecule has 5 heteroatoms. The molecule has 5 nitrogen and oxygen atoms in total. The minimum atomic E-state index is -0.187.